The smallest absolute Gasteiger partial charge is 0.286 e. The van der Waals surface area contributed by atoms with Gasteiger partial charge in [-0.1, -0.05) is 0 Å². The van der Waals surface area contributed by atoms with Crippen LogP contribution in [0.3, 0.4) is 0 Å². The molecule has 0 saturated heterocycles. The van der Waals surface area contributed by atoms with Gasteiger partial charge in [0.25, 0.3) is 5.91 Å². The Balaban J connectivity index is 2.34. The minimum absolute atomic E-state index is 0.161. The van der Waals surface area contributed by atoms with Crippen LogP contribution in [0.2, 0.25) is 0 Å². The largest absolute Gasteiger partial charge is 0.455 e. The third-order valence-electron chi connectivity index (χ3n) is 2.04. The molecule has 1 rings (SSSR count). The molecule has 1 heterocycles. The number of carbonyl (C=O) groups is 1. The predicted molar refractivity (Wildman–Crippen MR) is 64.6 cm³/mol. The highest BCUT2D eigenvalue weighted by molar-refractivity contribution is 7.97. The van der Waals surface area contributed by atoms with Gasteiger partial charge in [0.1, 0.15) is 5.76 Å². The molecule has 0 unspecified atom stereocenters. The molecule has 0 bridgehead atoms. The summed E-state index contributed by atoms with van der Waals surface area (Å²) in [7, 11) is 0. The zero-order chi connectivity index (χ0) is 11.8. The lowest BCUT2D eigenvalue weighted by molar-refractivity contribution is 0.0923. The van der Waals surface area contributed by atoms with Crippen LogP contribution in [0.5, 0.6) is 0 Å². The van der Waals surface area contributed by atoms with Crippen molar-refractivity contribution in [3.05, 3.63) is 23.7 Å². The maximum Gasteiger partial charge on any atom is 0.286 e. The fourth-order valence-electron chi connectivity index (χ4n) is 1.25. The molecule has 2 N–H and O–H groups in total. The van der Waals surface area contributed by atoms with Crippen molar-refractivity contribution in [3.8, 4) is 0 Å². The number of hydrogen-bond acceptors (Lipinski definition) is 4. The summed E-state index contributed by atoms with van der Waals surface area (Å²) in [6, 6.07) is 3.51. The first-order valence-electron chi connectivity index (χ1n) is 5.24. The van der Waals surface area contributed by atoms with Crippen molar-refractivity contribution in [3.63, 3.8) is 0 Å². The van der Waals surface area contributed by atoms with E-state index in [9.17, 15) is 4.79 Å². The van der Waals surface area contributed by atoms with Gasteiger partial charge in [0.2, 0.25) is 0 Å². The topological polar surface area (TPSA) is 62.5 Å². The van der Waals surface area contributed by atoms with Gasteiger partial charge in [-0.2, -0.15) is 11.8 Å². The predicted octanol–water partition coefficient (Wildman–Crippen LogP) is 1.64. The summed E-state index contributed by atoms with van der Waals surface area (Å²) >= 11 is 1.65. The second kappa shape index (κ2) is 7.35. The molecule has 0 radical (unpaired) electrons. The van der Waals surface area contributed by atoms with E-state index in [1.54, 1.807) is 17.8 Å². The van der Waals surface area contributed by atoms with Crippen LogP contribution in [0.1, 0.15) is 29.2 Å². The third-order valence-corrected chi connectivity index (χ3v) is 2.62. The molecule has 4 nitrogen and oxygen atoms in total. The van der Waals surface area contributed by atoms with E-state index in [1.165, 1.54) is 0 Å². The number of nitrogens with one attached hydrogen (secondary N) is 1. The molecule has 1 aromatic heterocycles. The zero-order valence-corrected chi connectivity index (χ0v) is 10.2. The Kier molecular flexibility index (Phi) is 6.03. The normalized spacial score (nSPS) is 10.4. The summed E-state index contributed by atoms with van der Waals surface area (Å²) < 4.78 is 5.36. The SMILES string of the molecule is CSCc1ccc(C(=O)NCCCCO)o1. The van der Waals surface area contributed by atoms with E-state index in [4.69, 9.17) is 9.52 Å². The van der Waals surface area contributed by atoms with Crippen molar-refractivity contribution >= 4 is 17.7 Å². The summed E-state index contributed by atoms with van der Waals surface area (Å²) in [5.74, 6) is 1.75. The molecule has 0 aliphatic rings. The molecule has 5 heteroatoms. The van der Waals surface area contributed by atoms with Gasteiger partial charge in [-0.05, 0) is 31.2 Å². The second-order valence-corrected chi connectivity index (χ2v) is 4.25. The quantitative estimate of drug-likeness (QED) is 0.715. The van der Waals surface area contributed by atoms with Gasteiger partial charge in [-0.3, -0.25) is 4.79 Å². The Morgan fingerprint density at radius 3 is 3.00 bits per heavy atom. The molecule has 90 valence electrons. The van der Waals surface area contributed by atoms with E-state index < -0.39 is 0 Å². The van der Waals surface area contributed by atoms with Crippen LogP contribution in [0.15, 0.2) is 16.5 Å². The lowest BCUT2D eigenvalue weighted by atomic mass is 10.3. The number of furan rings is 1. The minimum Gasteiger partial charge on any atom is -0.455 e. The average molecular weight is 243 g/mol. The van der Waals surface area contributed by atoms with Gasteiger partial charge in [0.15, 0.2) is 5.76 Å². The van der Waals surface area contributed by atoms with Crippen LogP contribution < -0.4 is 5.32 Å². The van der Waals surface area contributed by atoms with Crippen LogP contribution in [-0.4, -0.2) is 30.4 Å². The Morgan fingerprint density at radius 2 is 2.31 bits per heavy atom. The van der Waals surface area contributed by atoms with Crippen molar-refractivity contribution in [1.29, 1.82) is 0 Å². The Hall–Kier alpha value is -0.940. The first-order chi connectivity index (χ1) is 7.77. The first-order valence-corrected chi connectivity index (χ1v) is 6.64. The van der Waals surface area contributed by atoms with Gasteiger partial charge in [-0.25, -0.2) is 0 Å². The number of hydrogen-bond donors (Lipinski definition) is 2. The fourth-order valence-corrected chi connectivity index (χ4v) is 1.69. The van der Waals surface area contributed by atoms with Crippen molar-refractivity contribution in [2.24, 2.45) is 0 Å². The van der Waals surface area contributed by atoms with Crippen molar-refractivity contribution in [1.82, 2.24) is 5.32 Å². The van der Waals surface area contributed by atoms with Gasteiger partial charge in [0.05, 0.1) is 5.75 Å². The summed E-state index contributed by atoms with van der Waals surface area (Å²) in [4.78, 5) is 11.6. The van der Waals surface area contributed by atoms with Crippen LogP contribution in [0, 0.1) is 0 Å². The third kappa shape index (κ3) is 4.28. The summed E-state index contributed by atoms with van der Waals surface area (Å²) in [5, 5.41) is 11.3. The molecule has 1 amide bonds. The number of carbonyl (C=O) groups excluding carboxylic acids is 1. The number of aliphatic hydroxyl groups excluding tert-OH is 1. The lowest BCUT2D eigenvalue weighted by Gasteiger charge is -2.01. The Morgan fingerprint density at radius 1 is 1.50 bits per heavy atom. The van der Waals surface area contributed by atoms with E-state index in [0.29, 0.717) is 18.7 Å². The monoisotopic (exact) mass is 243 g/mol. The highest BCUT2D eigenvalue weighted by atomic mass is 32.2. The maximum absolute atomic E-state index is 11.6. The van der Waals surface area contributed by atoms with Crippen molar-refractivity contribution in [2.75, 3.05) is 19.4 Å². The summed E-state index contributed by atoms with van der Waals surface area (Å²) in [6.07, 6.45) is 3.47. The molecule has 1 aromatic rings. The molecule has 0 aliphatic carbocycles. The van der Waals surface area contributed by atoms with Crippen molar-refractivity contribution < 1.29 is 14.3 Å². The number of rotatable bonds is 7. The Labute approximate surface area is 99.4 Å². The van der Waals surface area contributed by atoms with Crippen LogP contribution >= 0.6 is 11.8 Å². The average Bonchev–Trinajstić information content (AvgIpc) is 2.73. The highest BCUT2D eigenvalue weighted by Crippen LogP contribution is 2.13. The van der Waals surface area contributed by atoms with Gasteiger partial charge >= 0.3 is 0 Å². The maximum atomic E-state index is 11.6. The van der Waals surface area contributed by atoms with Gasteiger partial charge < -0.3 is 14.8 Å². The number of aliphatic hydroxyl groups is 1. The van der Waals surface area contributed by atoms with Crippen LogP contribution in [0.25, 0.3) is 0 Å². The zero-order valence-electron chi connectivity index (χ0n) is 9.36. The summed E-state index contributed by atoms with van der Waals surface area (Å²) in [6.45, 7) is 0.729. The number of unbranched alkanes of at least 4 members (excludes halogenated alkanes) is 1. The van der Waals surface area contributed by atoms with Gasteiger partial charge in [0, 0.05) is 13.2 Å². The number of thioether (sulfide) groups is 1. The minimum atomic E-state index is -0.190. The highest BCUT2D eigenvalue weighted by Gasteiger charge is 2.09. The molecular weight excluding hydrogens is 226 g/mol. The molecule has 0 fully saturated rings. The van der Waals surface area contributed by atoms with Crippen LogP contribution in [-0.2, 0) is 5.75 Å². The molecule has 0 saturated carbocycles. The van der Waals surface area contributed by atoms with E-state index >= 15 is 0 Å². The standard InChI is InChI=1S/C11H17NO3S/c1-16-8-9-4-5-10(15-9)11(14)12-6-2-3-7-13/h4-5,13H,2-3,6-8H2,1H3,(H,12,14). The van der Waals surface area contributed by atoms with E-state index in [1.807, 2.05) is 12.3 Å². The summed E-state index contributed by atoms with van der Waals surface area (Å²) in [5.41, 5.74) is 0. The van der Waals surface area contributed by atoms with Crippen LogP contribution in [0.4, 0.5) is 0 Å². The van der Waals surface area contributed by atoms with E-state index in [2.05, 4.69) is 5.32 Å². The molecule has 16 heavy (non-hydrogen) atoms. The first kappa shape index (κ1) is 13.1. The molecule has 0 aliphatic heterocycles. The molecule has 0 aromatic carbocycles. The second-order valence-electron chi connectivity index (χ2n) is 3.39. The molecule has 0 atom stereocenters. The molecular formula is C11H17NO3S. The molecule has 0 spiro atoms. The fraction of sp³-hybridized carbons (Fsp3) is 0.545. The Bertz CT molecular complexity index is 325. The van der Waals surface area contributed by atoms with E-state index in [0.717, 1.165) is 17.9 Å². The van der Waals surface area contributed by atoms with Gasteiger partial charge in [-0.15, -0.1) is 0 Å². The van der Waals surface area contributed by atoms with Crippen molar-refractivity contribution in [2.45, 2.75) is 18.6 Å². The van der Waals surface area contributed by atoms with E-state index in [-0.39, 0.29) is 12.5 Å². The number of amides is 1. The lowest BCUT2D eigenvalue weighted by Crippen LogP contribution is -2.24.